The first kappa shape index (κ1) is 91.7. The van der Waals surface area contributed by atoms with Gasteiger partial charge in [-0.25, -0.2) is 9.18 Å². The molecule has 22 atom stereocenters. The smallest absolute Gasteiger partial charge is 0.330 e. The van der Waals surface area contributed by atoms with Crippen LogP contribution in [0, 0.1) is 11.7 Å². The summed E-state index contributed by atoms with van der Waals surface area (Å²) in [6.45, 7) is 8.91. The third-order valence-corrected chi connectivity index (χ3v) is 23.5. The van der Waals surface area contributed by atoms with Crippen molar-refractivity contribution in [2.75, 3.05) is 13.7 Å². The number of rotatable bonds is 19. The summed E-state index contributed by atoms with van der Waals surface area (Å²) in [7, 11) is 1.47. The highest BCUT2D eigenvalue weighted by Crippen LogP contribution is 2.51. The average molecular weight is 1780 g/mol. The molecule has 8 heterocycles. The van der Waals surface area contributed by atoms with Crippen LogP contribution in [0.2, 0.25) is 10.0 Å². The molecule has 36 nitrogen and oxygen atoms in total. The van der Waals surface area contributed by atoms with Crippen molar-refractivity contribution in [3.05, 3.63) is 177 Å². The lowest BCUT2D eigenvalue weighted by Crippen LogP contribution is -2.64. The monoisotopic (exact) mass is 1770 g/mol. The number of carbonyl (C=O) groups is 8. The zero-order valence-electron chi connectivity index (χ0n) is 68.3. The van der Waals surface area contributed by atoms with E-state index in [0.29, 0.717) is 0 Å². The number of aliphatic hydroxyl groups excluding tert-OH is 6. The highest BCUT2D eigenvalue weighted by atomic mass is 35.5. The number of nitrogens with two attached hydrogens (primary N) is 2. The summed E-state index contributed by atoms with van der Waals surface area (Å²) in [6, 6.07) is 12.6. The number of hydrogen-bond acceptors (Lipinski definition) is 28. The molecule has 7 aromatic rings. The molecule has 0 unspecified atom stereocenters. The SMILES string of the molecule is CN[C@H](CC(C)C)C(=O)N[C@H]1C(=O)N[C@@H](CC(N)=O)C(=O)N[C@H]2C(=O)N[C@H]3C(=O)N[C@H](C(=O)N[C@H](C(=O)O)c4cc(O)cc(O)c4-c4cc3ccc4O)[C@H](O[C@H]3C[C@@](C)(NCc4ccc(-c5ccc(F)cc5)cc4)[C@@H](O)[C@H](C)O3)c3ccc(c(Cl)c3)Oc3cc2cc(c3O[C@@H]2O[C@H](CO)[C@@H](O)[C@H](O)[C@H]2O[C@H]2C[C@](C)(N)[C@@H](O)[C@H](C)O2)Oc2ccc(cc2Cl)[C@H]1O. The molecule has 7 aromatic carbocycles. The summed E-state index contributed by atoms with van der Waals surface area (Å²) in [5, 5.41) is 137. The Morgan fingerprint density at radius 3 is 1.85 bits per heavy atom. The number of likely N-dealkylation sites (N-methyl/N-ethyl adjacent to an activating group) is 1. The Morgan fingerprint density at radius 2 is 1.24 bits per heavy atom. The molecule has 125 heavy (non-hydrogen) atoms. The van der Waals surface area contributed by atoms with Crippen LogP contribution in [-0.2, 0) is 68.6 Å². The topological polar surface area (TPSA) is 561 Å². The molecular weight excluding hydrogens is 1680 g/mol. The maximum atomic E-state index is 16.6. The normalized spacial score (nSPS) is 29.7. The van der Waals surface area contributed by atoms with Crippen LogP contribution >= 0.6 is 23.2 Å². The summed E-state index contributed by atoms with van der Waals surface area (Å²) in [5.41, 5.74) is 9.00. The van der Waals surface area contributed by atoms with Gasteiger partial charge in [-0.3, -0.25) is 33.6 Å². The summed E-state index contributed by atoms with van der Waals surface area (Å²) in [5.74, 6) is -16.7. The Kier molecular flexibility index (Phi) is 27.7. The number of fused-ring (bicyclic) bond motifs is 15. The van der Waals surface area contributed by atoms with Gasteiger partial charge in [0.15, 0.2) is 36.2 Å². The molecule has 0 radical (unpaired) electrons. The van der Waals surface area contributed by atoms with E-state index in [2.05, 4.69) is 42.5 Å². The highest BCUT2D eigenvalue weighted by molar-refractivity contribution is 6.32. The molecule has 8 aliphatic rings. The second-order valence-corrected chi connectivity index (χ2v) is 33.5. The number of phenolic OH excluding ortho intramolecular Hbond substituents is 3. The van der Waals surface area contributed by atoms with Gasteiger partial charge >= 0.3 is 5.97 Å². The van der Waals surface area contributed by atoms with Crippen LogP contribution in [0.1, 0.15) is 131 Å². The van der Waals surface area contributed by atoms with E-state index < -0.39 is 267 Å². The standard InChI is InChI=1S/C86H97Cl2FN10O26/c1-35(2)22-51(92-7)77(110)98-67-69(105)42-15-20-55(49(87)24-42)120-57-26-44-27-58(73(57)125-84-74(71(107)70(106)59(34-100)122-84)124-61-31-85(5,91)75(108)36(3)118-61)121-56-21-16-43(25-50(56)88)72(123-62-32-86(6,76(109)37(4)119-62)93-33-38-8-10-39(11-9-38)40-12-17-45(89)18-13-40)68-82(115)97-66(83(116)117)48-28-46(101)29-54(103)63(48)47-23-41(14-19-53(47)102)64(79(112)99-68)96-80(113)65(44)95-78(111)52(30-60(90)104)94-81(67)114/h8-21,23-29,35-37,51-52,59,61-62,64-72,74-76,84,92-93,100-103,105-109H,22,30-34,91H2,1-7H3,(H2,90,104)(H,94,114)(H,95,111)(H,96,113)(H,97,115)(H,98,110)(H,99,112)(H,116,117)/t36-,37-,51+,52-,59+,61-,62-,64+,65+,66-,67+,68-,69+,70+,71-,72+,74+,75-,76-,84-,85-,86+/m0/s1. The van der Waals surface area contributed by atoms with Crippen molar-refractivity contribution in [2.24, 2.45) is 17.4 Å². The second kappa shape index (κ2) is 37.7. The molecule has 8 aliphatic heterocycles. The number of aliphatic carboxylic acids is 1. The van der Waals surface area contributed by atoms with Gasteiger partial charge in [0.1, 0.15) is 95.3 Å². The van der Waals surface area contributed by atoms with Crippen molar-refractivity contribution in [2.45, 2.75) is 207 Å². The Balaban J connectivity index is 1.03. The van der Waals surface area contributed by atoms with Gasteiger partial charge in [-0.05, 0) is 153 Å². The number of amides is 7. The van der Waals surface area contributed by atoms with Crippen molar-refractivity contribution in [1.82, 2.24) is 42.5 Å². The number of nitrogens with one attached hydrogen (secondary N) is 8. The van der Waals surface area contributed by atoms with Gasteiger partial charge in [0.25, 0.3) is 0 Å². The van der Waals surface area contributed by atoms with Crippen molar-refractivity contribution in [3.8, 4) is 68.2 Å². The van der Waals surface area contributed by atoms with E-state index in [-0.39, 0.29) is 59.2 Å². The van der Waals surface area contributed by atoms with Crippen LogP contribution in [0.3, 0.4) is 0 Å². The number of primary amides is 1. The first-order valence-corrected chi connectivity index (χ1v) is 40.8. The highest BCUT2D eigenvalue weighted by Gasteiger charge is 2.53. The summed E-state index contributed by atoms with van der Waals surface area (Å²) in [4.78, 5) is 121. The minimum absolute atomic E-state index is 0.0979. The van der Waals surface area contributed by atoms with Crippen LogP contribution in [0.4, 0.5) is 4.39 Å². The fourth-order valence-electron chi connectivity index (χ4n) is 16.2. The number of aliphatic hydroxyl groups is 6. The molecule has 3 fully saturated rings. The predicted octanol–water partition coefficient (Wildman–Crippen LogP) is 3.98. The molecule has 0 saturated carbocycles. The van der Waals surface area contributed by atoms with Gasteiger partial charge in [-0.2, -0.15) is 0 Å². The fourth-order valence-corrected chi connectivity index (χ4v) is 16.6. The van der Waals surface area contributed by atoms with E-state index in [9.17, 15) is 69.8 Å². The number of aromatic hydroxyl groups is 3. The maximum Gasteiger partial charge on any atom is 0.330 e. The van der Waals surface area contributed by atoms with E-state index in [4.69, 9.17) is 72.6 Å². The Labute approximate surface area is 724 Å². The summed E-state index contributed by atoms with van der Waals surface area (Å²) in [6.07, 6.45) is -23.1. The molecule has 15 rings (SSSR count). The van der Waals surface area contributed by atoms with Crippen molar-refractivity contribution < 1.29 is 132 Å². The molecule has 3 saturated heterocycles. The van der Waals surface area contributed by atoms with E-state index in [1.54, 1.807) is 19.1 Å². The van der Waals surface area contributed by atoms with Crippen LogP contribution in [0.25, 0.3) is 22.3 Å². The number of halogens is 3. The number of carboxylic acid groups (broad SMARTS) is 1. The van der Waals surface area contributed by atoms with Crippen molar-refractivity contribution in [1.29, 1.82) is 0 Å². The largest absolute Gasteiger partial charge is 0.508 e. The zero-order valence-corrected chi connectivity index (χ0v) is 69.8. The summed E-state index contributed by atoms with van der Waals surface area (Å²) < 4.78 is 66.5. The van der Waals surface area contributed by atoms with Crippen LogP contribution in [0.5, 0.6) is 46.0 Å². The van der Waals surface area contributed by atoms with E-state index in [1.165, 1.54) is 70.3 Å². The minimum Gasteiger partial charge on any atom is -0.508 e. The first-order valence-electron chi connectivity index (χ1n) is 40.1. The van der Waals surface area contributed by atoms with E-state index in [0.717, 1.165) is 65.2 Å². The number of hydrogen-bond donors (Lipinski definition) is 20. The van der Waals surface area contributed by atoms with Gasteiger partial charge in [0, 0.05) is 53.2 Å². The number of phenols is 3. The number of carbonyl (C=O) groups excluding carboxylic acids is 7. The van der Waals surface area contributed by atoms with E-state index >= 15 is 24.0 Å². The lowest BCUT2D eigenvalue weighted by molar-refractivity contribution is -0.333. The first-order chi connectivity index (χ1) is 59.2. The van der Waals surface area contributed by atoms with Crippen LogP contribution in [0.15, 0.2) is 127 Å². The minimum atomic E-state index is -2.41. The number of benzene rings is 7. The van der Waals surface area contributed by atoms with Crippen LogP contribution in [-0.4, -0.2) is 215 Å². The Morgan fingerprint density at radius 1 is 0.648 bits per heavy atom. The molecule has 7 amide bonds. The second-order valence-electron chi connectivity index (χ2n) is 32.7. The third kappa shape index (κ3) is 20.0. The fraction of sp³-hybridized carbons (Fsp3) is 0.419. The van der Waals surface area contributed by atoms with Gasteiger partial charge < -0.3 is 143 Å². The molecule has 22 N–H and O–H groups in total. The molecule has 0 spiro atoms. The lowest BCUT2D eigenvalue weighted by atomic mass is 9.84. The van der Waals surface area contributed by atoms with Crippen LogP contribution < -0.4 is 68.2 Å². The van der Waals surface area contributed by atoms with Gasteiger partial charge in [-0.1, -0.05) is 91.6 Å². The number of ether oxygens (including phenoxy) is 8. The molecule has 39 heteroatoms. The average Bonchev–Trinajstić information content (AvgIpc) is 0.762. The molecule has 0 aliphatic carbocycles. The Bertz CT molecular complexity index is 5250. The van der Waals surface area contributed by atoms with Gasteiger partial charge in [0.2, 0.25) is 53.4 Å². The lowest BCUT2D eigenvalue weighted by Gasteiger charge is -2.47. The zero-order chi connectivity index (χ0) is 90.3. The van der Waals surface area contributed by atoms with Crippen molar-refractivity contribution in [3.63, 3.8) is 0 Å². The molecule has 0 aromatic heterocycles. The quantitative estimate of drug-likeness (QED) is 0.0544. The van der Waals surface area contributed by atoms with Gasteiger partial charge in [-0.15, -0.1) is 0 Å². The van der Waals surface area contributed by atoms with E-state index in [1.807, 2.05) is 38.1 Å². The predicted molar refractivity (Wildman–Crippen MR) is 440 cm³/mol. The number of carboxylic acids is 1. The summed E-state index contributed by atoms with van der Waals surface area (Å²) >= 11 is 14.7. The van der Waals surface area contributed by atoms with Crippen molar-refractivity contribution >= 4 is 70.5 Å². The maximum absolute atomic E-state index is 16.6. The Hall–Kier alpha value is -11.0. The molecule has 668 valence electrons. The van der Waals surface area contributed by atoms with Gasteiger partial charge in [0.05, 0.1) is 53.5 Å². The molecule has 11 bridgehead atoms. The molecular formula is C86H97Cl2FN10O26. The third-order valence-electron chi connectivity index (χ3n) is 22.9.